The summed E-state index contributed by atoms with van der Waals surface area (Å²) in [5.41, 5.74) is 12.2. The molecule has 2 rings (SSSR count). The van der Waals surface area contributed by atoms with Crippen LogP contribution in [-0.2, 0) is 4.79 Å². The first kappa shape index (κ1) is 14.8. The maximum Gasteiger partial charge on any atom is 0.254 e. The van der Waals surface area contributed by atoms with Crippen LogP contribution in [0.1, 0.15) is 30.1 Å². The number of hydrogen-bond donors (Lipinski definition) is 2. The van der Waals surface area contributed by atoms with E-state index in [1.807, 2.05) is 6.92 Å². The number of likely N-dealkylation sites (tertiary alicyclic amines) is 1. The van der Waals surface area contributed by atoms with Crippen molar-refractivity contribution >= 4 is 33.4 Å². The van der Waals surface area contributed by atoms with Crippen molar-refractivity contribution in [1.82, 2.24) is 4.90 Å². The van der Waals surface area contributed by atoms with Gasteiger partial charge in [0.2, 0.25) is 5.91 Å². The van der Waals surface area contributed by atoms with E-state index in [0.29, 0.717) is 17.8 Å². The van der Waals surface area contributed by atoms with Gasteiger partial charge < -0.3 is 16.4 Å². The molecule has 1 aliphatic heterocycles. The third-order valence-corrected chi connectivity index (χ3v) is 4.17. The Morgan fingerprint density at radius 3 is 2.60 bits per heavy atom. The molecule has 2 unspecified atom stereocenters. The monoisotopic (exact) mass is 339 g/mol. The number of carbonyl (C=O) groups is 2. The fourth-order valence-corrected chi connectivity index (χ4v) is 3.03. The molecule has 1 aliphatic rings. The molecule has 2 amide bonds. The first-order valence-corrected chi connectivity index (χ1v) is 7.34. The molecule has 1 aromatic rings. The lowest BCUT2D eigenvalue weighted by Crippen LogP contribution is -2.48. The molecule has 1 heterocycles. The van der Waals surface area contributed by atoms with Crippen LogP contribution in [0.15, 0.2) is 22.7 Å². The SMILES string of the molecule is CC1CCC(C(N)=O)CN1C(=O)c1cc(N)cc(Br)c1. The Labute approximate surface area is 126 Å². The summed E-state index contributed by atoms with van der Waals surface area (Å²) in [6.07, 6.45) is 1.52. The molecule has 1 aromatic carbocycles. The summed E-state index contributed by atoms with van der Waals surface area (Å²) in [4.78, 5) is 25.6. The molecular weight excluding hydrogens is 322 g/mol. The third-order valence-electron chi connectivity index (χ3n) is 3.71. The van der Waals surface area contributed by atoms with Crippen LogP contribution < -0.4 is 11.5 Å². The molecule has 1 saturated heterocycles. The Bertz CT molecular complexity index is 527. The summed E-state index contributed by atoms with van der Waals surface area (Å²) in [6.45, 7) is 2.36. The van der Waals surface area contributed by atoms with E-state index >= 15 is 0 Å². The van der Waals surface area contributed by atoms with Gasteiger partial charge in [-0.25, -0.2) is 0 Å². The standard InChI is InChI=1S/C14H18BrN3O2/c1-8-2-3-9(13(17)19)7-18(8)14(20)10-4-11(15)6-12(16)5-10/h4-6,8-9H,2-3,7,16H2,1H3,(H2,17,19). The second-order valence-corrected chi connectivity index (χ2v) is 6.17. The number of hydrogen-bond acceptors (Lipinski definition) is 3. The smallest absolute Gasteiger partial charge is 0.254 e. The summed E-state index contributed by atoms with van der Waals surface area (Å²) in [5.74, 6) is -0.723. The molecule has 4 N–H and O–H groups in total. The van der Waals surface area contributed by atoms with Gasteiger partial charge in [0.15, 0.2) is 0 Å². The Morgan fingerprint density at radius 1 is 1.30 bits per heavy atom. The summed E-state index contributed by atoms with van der Waals surface area (Å²) in [5, 5.41) is 0. The zero-order valence-corrected chi connectivity index (χ0v) is 12.9. The van der Waals surface area contributed by atoms with Crippen molar-refractivity contribution in [2.45, 2.75) is 25.8 Å². The molecule has 0 saturated carbocycles. The molecular formula is C14H18BrN3O2. The van der Waals surface area contributed by atoms with Crippen LogP contribution in [0, 0.1) is 5.92 Å². The average molecular weight is 340 g/mol. The van der Waals surface area contributed by atoms with E-state index in [1.54, 1.807) is 23.1 Å². The maximum atomic E-state index is 12.6. The van der Waals surface area contributed by atoms with Crippen molar-refractivity contribution in [2.75, 3.05) is 12.3 Å². The first-order chi connectivity index (χ1) is 9.38. The number of anilines is 1. The average Bonchev–Trinajstić information content (AvgIpc) is 2.37. The number of halogens is 1. The van der Waals surface area contributed by atoms with Crippen molar-refractivity contribution < 1.29 is 9.59 Å². The number of nitrogens with zero attached hydrogens (tertiary/aromatic N) is 1. The van der Waals surface area contributed by atoms with Crippen molar-refractivity contribution in [3.63, 3.8) is 0 Å². The Hall–Kier alpha value is -1.56. The number of nitrogen functional groups attached to an aromatic ring is 1. The fourth-order valence-electron chi connectivity index (χ4n) is 2.52. The molecule has 0 aliphatic carbocycles. The van der Waals surface area contributed by atoms with E-state index in [0.717, 1.165) is 17.3 Å². The van der Waals surface area contributed by atoms with E-state index in [-0.39, 0.29) is 23.8 Å². The lowest BCUT2D eigenvalue weighted by molar-refractivity contribution is -0.123. The molecule has 0 bridgehead atoms. The molecule has 108 valence electrons. The fraction of sp³-hybridized carbons (Fsp3) is 0.429. The van der Waals surface area contributed by atoms with Gasteiger partial charge in [-0.3, -0.25) is 9.59 Å². The highest BCUT2D eigenvalue weighted by Crippen LogP contribution is 2.25. The number of primary amides is 1. The van der Waals surface area contributed by atoms with E-state index < -0.39 is 0 Å². The summed E-state index contributed by atoms with van der Waals surface area (Å²) in [6, 6.07) is 5.22. The van der Waals surface area contributed by atoms with Gasteiger partial charge >= 0.3 is 0 Å². The molecule has 0 spiro atoms. The van der Waals surface area contributed by atoms with Crippen molar-refractivity contribution in [3.8, 4) is 0 Å². The van der Waals surface area contributed by atoms with Gasteiger partial charge in [-0.05, 0) is 38.0 Å². The second kappa shape index (κ2) is 5.83. The van der Waals surface area contributed by atoms with Crippen LogP contribution >= 0.6 is 15.9 Å². The minimum Gasteiger partial charge on any atom is -0.399 e. The second-order valence-electron chi connectivity index (χ2n) is 5.26. The maximum absolute atomic E-state index is 12.6. The number of carbonyl (C=O) groups excluding carboxylic acids is 2. The van der Waals surface area contributed by atoms with Gasteiger partial charge in [-0.2, -0.15) is 0 Å². The van der Waals surface area contributed by atoms with Gasteiger partial charge in [-0.1, -0.05) is 15.9 Å². The molecule has 0 radical (unpaired) electrons. The molecule has 20 heavy (non-hydrogen) atoms. The topological polar surface area (TPSA) is 89.4 Å². The molecule has 0 aromatic heterocycles. The van der Waals surface area contributed by atoms with E-state index in [9.17, 15) is 9.59 Å². The van der Waals surface area contributed by atoms with E-state index in [2.05, 4.69) is 15.9 Å². The summed E-state index contributed by atoms with van der Waals surface area (Å²) < 4.78 is 0.761. The minimum atomic E-state index is -0.344. The van der Waals surface area contributed by atoms with Gasteiger partial charge in [0.1, 0.15) is 0 Å². The van der Waals surface area contributed by atoms with Gasteiger partial charge in [0, 0.05) is 28.3 Å². The predicted molar refractivity (Wildman–Crippen MR) is 81.0 cm³/mol. The zero-order chi connectivity index (χ0) is 14.9. The molecule has 5 nitrogen and oxygen atoms in total. The Kier molecular flexibility index (Phi) is 4.32. The highest BCUT2D eigenvalue weighted by Gasteiger charge is 2.32. The first-order valence-electron chi connectivity index (χ1n) is 6.55. The van der Waals surface area contributed by atoms with E-state index in [4.69, 9.17) is 11.5 Å². The lowest BCUT2D eigenvalue weighted by atomic mass is 9.92. The van der Waals surface area contributed by atoms with Crippen molar-refractivity contribution in [1.29, 1.82) is 0 Å². The number of rotatable bonds is 2. The van der Waals surface area contributed by atoms with Gasteiger partial charge in [0.05, 0.1) is 5.92 Å². The Balaban J connectivity index is 2.24. The number of nitrogens with two attached hydrogens (primary N) is 2. The summed E-state index contributed by atoms with van der Waals surface area (Å²) >= 11 is 3.33. The van der Waals surface area contributed by atoms with Crippen LogP contribution in [0.25, 0.3) is 0 Å². The lowest BCUT2D eigenvalue weighted by Gasteiger charge is -2.37. The van der Waals surface area contributed by atoms with Crippen molar-refractivity contribution in [3.05, 3.63) is 28.2 Å². The van der Waals surface area contributed by atoms with Crippen LogP contribution in [0.5, 0.6) is 0 Å². The van der Waals surface area contributed by atoms with Gasteiger partial charge in [-0.15, -0.1) is 0 Å². The van der Waals surface area contributed by atoms with Crippen LogP contribution in [0.2, 0.25) is 0 Å². The van der Waals surface area contributed by atoms with Crippen molar-refractivity contribution in [2.24, 2.45) is 11.7 Å². The highest BCUT2D eigenvalue weighted by atomic mass is 79.9. The molecule has 6 heteroatoms. The summed E-state index contributed by atoms with van der Waals surface area (Å²) in [7, 11) is 0. The predicted octanol–water partition coefficient (Wildman–Crippen LogP) is 1.76. The molecule has 1 fully saturated rings. The quantitative estimate of drug-likeness (QED) is 0.804. The van der Waals surface area contributed by atoms with E-state index in [1.165, 1.54) is 0 Å². The Morgan fingerprint density at radius 2 is 2.00 bits per heavy atom. The number of piperidine rings is 1. The van der Waals surface area contributed by atoms with Crippen LogP contribution in [0.3, 0.4) is 0 Å². The highest BCUT2D eigenvalue weighted by molar-refractivity contribution is 9.10. The van der Waals surface area contributed by atoms with Crippen LogP contribution in [0.4, 0.5) is 5.69 Å². The number of amides is 2. The van der Waals surface area contributed by atoms with Crippen LogP contribution in [-0.4, -0.2) is 29.3 Å². The zero-order valence-electron chi connectivity index (χ0n) is 11.3. The largest absolute Gasteiger partial charge is 0.399 e. The van der Waals surface area contributed by atoms with Gasteiger partial charge in [0.25, 0.3) is 5.91 Å². The minimum absolute atomic E-state index is 0.0957. The normalized spacial score (nSPS) is 22.6. The third kappa shape index (κ3) is 3.12. The number of benzene rings is 1. The molecule has 2 atom stereocenters.